The molecule has 2 aromatic rings. The van der Waals surface area contributed by atoms with Crippen LogP contribution in [0.15, 0.2) is 67.8 Å². The summed E-state index contributed by atoms with van der Waals surface area (Å²) in [4.78, 5) is 49.4. The number of anilines is 2. The number of likely N-dealkylation sites (tertiary alicyclic amines) is 1. The van der Waals surface area contributed by atoms with E-state index in [4.69, 9.17) is 4.74 Å². The van der Waals surface area contributed by atoms with Crippen molar-refractivity contribution in [1.82, 2.24) is 4.90 Å². The minimum absolute atomic E-state index is 0.0843. The molecule has 0 aromatic heterocycles. The second kappa shape index (κ2) is 14.0. The molecule has 7 atom stereocenters. The number of nitrogens with zero attached hydrogens (tertiary/aromatic N) is 3. The van der Waals surface area contributed by atoms with Crippen molar-refractivity contribution >= 4 is 56.8 Å². The van der Waals surface area contributed by atoms with E-state index in [0.29, 0.717) is 30.9 Å². The zero-order valence-corrected chi connectivity index (χ0v) is 29.4. The van der Waals surface area contributed by atoms with E-state index in [9.17, 15) is 14.7 Å². The molecule has 10 heteroatoms. The molecule has 3 saturated heterocycles. The Morgan fingerprint density at radius 2 is 1.72 bits per heavy atom. The van der Waals surface area contributed by atoms with Crippen molar-refractivity contribution in [3.63, 3.8) is 0 Å². The van der Waals surface area contributed by atoms with Crippen molar-refractivity contribution in [3.8, 4) is 5.75 Å². The number of carbonyl (C=O) groups is 3. The smallest absolute Gasteiger partial charge is 0.251 e. The zero-order chi connectivity index (χ0) is 33.3. The molecule has 5 rings (SSSR count). The first-order chi connectivity index (χ1) is 22.1. The van der Waals surface area contributed by atoms with E-state index in [2.05, 4.69) is 29.1 Å². The molecule has 2 aromatic carbocycles. The molecule has 3 fully saturated rings. The van der Waals surface area contributed by atoms with Gasteiger partial charge in [-0.05, 0) is 69.0 Å². The predicted molar refractivity (Wildman–Crippen MR) is 189 cm³/mol. The first kappa shape index (κ1) is 34.3. The summed E-state index contributed by atoms with van der Waals surface area (Å²) in [5.74, 6) is -1.32. The molecule has 2 bridgehead atoms. The number of para-hydroxylation sites is 1. The summed E-state index contributed by atoms with van der Waals surface area (Å²) < 4.78 is 4.76. The largest absolute Gasteiger partial charge is 0.494 e. The number of alkyl halides is 1. The van der Waals surface area contributed by atoms with Gasteiger partial charge in [-0.1, -0.05) is 53.2 Å². The maximum absolute atomic E-state index is 15.0. The van der Waals surface area contributed by atoms with Crippen LogP contribution in [0.4, 0.5) is 11.4 Å². The number of benzene rings is 2. The molecule has 1 N–H and O–H groups in total. The molecule has 46 heavy (non-hydrogen) atoms. The molecular formula is C36H44BrN3O5S. The third kappa shape index (κ3) is 5.60. The number of amides is 3. The average Bonchev–Trinajstić information content (AvgIpc) is 3.63. The number of halogens is 1. The summed E-state index contributed by atoms with van der Waals surface area (Å²) in [7, 11) is 0. The quantitative estimate of drug-likeness (QED) is 0.213. The molecule has 0 radical (unpaired) electrons. The van der Waals surface area contributed by atoms with Crippen molar-refractivity contribution in [1.29, 1.82) is 0 Å². The predicted octanol–water partition coefficient (Wildman–Crippen LogP) is 5.68. The summed E-state index contributed by atoms with van der Waals surface area (Å²) in [5, 5.41) is 10.3. The molecule has 3 amide bonds. The maximum Gasteiger partial charge on any atom is 0.251 e. The van der Waals surface area contributed by atoms with Gasteiger partial charge in [-0.15, -0.1) is 24.9 Å². The summed E-state index contributed by atoms with van der Waals surface area (Å²) in [6.07, 6.45) is 4.41. The van der Waals surface area contributed by atoms with Gasteiger partial charge in [0.25, 0.3) is 5.91 Å². The van der Waals surface area contributed by atoms with Gasteiger partial charge in [-0.3, -0.25) is 14.4 Å². The van der Waals surface area contributed by atoms with Gasteiger partial charge >= 0.3 is 0 Å². The van der Waals surface area contributed by atoms with Crippen molar-refractivity contribution < 1.29 is 24.2 Å². The lowest BCUT2D eigenvalue weighted by Crippen LogP contribution is -2.58. The first-order valence-electron chi connectivity index (χ1n) is 16.0. The lowest BCUT2D eigenvalue weighted by atomic mass is 9.70. The number of hydrogen-bond acceptors (Lipinski definition) is 6. The van der Waals surface area contributed by atoms with Crippen LogP contribution in [-0.2, 0) is 14.4 Å². The number of thioether (sulfide) groups is 1. The minimum atomic E-state index is -0.868. The molecule has 3 aliphatic heterocycles. The van der Waals surface area contributed by atoms with Gasteiger partial charge in [0, 0.05) is 34.5 Å². The first-order valence-corrected chi connectivity index (χ1v) is 17.8. The number of fused-ring (bicyclic) bond motifs is 1. The maximum atomic E-state index is 15.0. The lowest BCUT2D eigenvalue weighted by Gasteiger charge is -2.40. The molecule has 3 aliphatic rings. The number of carbonyl (C=O) groups excluding carboxylic acids is 3. The second-order valence-electron chi connectivity index (χ2n) is 12.3. The summed E-state index contributed by atoms with van der Waals surface area (Å²) in [6, 6.07) is 11.8. The van der Waals surface area contributed by atoms with Gasteiger partial charge in [-0.25, -0.2) is 0 Å². The number of aliphatic hydroxyl groups excluding tert-OH is 1. The van der Waals surface area contributed by atoms with E-state index in [1.54, 1.807) is 38.6 Å². The Morgan fingerprint density at radius 3 is 2.28 bits per heavy atom. The van der Waals surface area contributed by atoms with E-state index < -0.39 is 28.7 Å². The van der Waals surface area contributed by atoms with Crippen LogP contribution in [0.5, 0.6) is 5.75 Å². The van der Waals surface area contributed by atoms with Crippen molar-refractivity contribution in [2.45, 2.75) is 67.4 Å². The Labute approximate surface area is 285 Å². The molecular weight excluding hydrogens is 666 g/mol. The van der Waals surface area contributed by atoms with Crippen molar-refractivity contribution in [3.05, 3.63) is 78.9 Å². The average molecular weight is 711 g/mol. The fourth-order valence-corrected chi connectivity index (χ4v) is 11.3. The monoisotopic (exact) mass is 709 g/mol. The highest BCUT2D eigenvalue weighted by Gasteiger charge is 2.76. The highest BCUT2D eigenvalue weighted by molar-refractivity contribution is 9.09. The van der Waals surface area contributed by atoms with Gasteiger partial charge < -0.3 is 24.5 Å². The second-order valence-corrected chi connectivity index (χ2v) is 15.0. The Balaban J connectivity index is 1.61. The number of aryl methyl sites for hydroxylation is 2. The van der Waals surface area contributed by atoms with Gasteiger partial charge in [0.2, 0.25) is 11.8 Å². The number of aliphatic hydroxyl groups is 1. The highest BCUT2D eigenvalue weighted by Crippen LogP contribution is 2.68. The third-order valence-electron chi connectivity index (χ3n) is 9.65. The molecule has 246 valence electrons. The Bertz CT molecular complexity index is 1480. The van der Waals surface area contributed by atoms with Gasteiger partial charge in [0.05, 0.1) is 35.8 Å². The van der Waals surface area contributed by atoms with Crippen molar-refractivity contribution in [2.75, 3.05) is 36.1 Å². The lowest BCUT2D eigenvalue weighted by molar-refractivity contribution is -0.141. The van der Waals surface area contributed by atoms with Crippen LogP contribution in [0.1, 0.15) is 37.8 Å². The fourth-order valence-electron chi connectivity index (χ4n) is 7.76. The van der Waals surface area contributed by atoms with Crippen molar-refractivity contribution in [2.24, 2.45) is 11.8 Å². The van der Waals surface area contributed by atoms with Crippen LogP contribution < -0.4 is 14.5 Å². The molecule has 8 nitrogen and oxygen atoms in total. The third-order valence-corrected chi connectivity index (χ3v) is 12.9. The molecule has 0 saturated carbocycles. The molecule has 0 aliphatic carbocycles. The standard InChI is InChI=1S/C36H44BrN3O5S/c1-7-18-38(25-14-16-26(17-15-25)45-10-4)33(42)28-29-34(43)40(24(9-3)21-41)32(36(29)20-27(37)31(28)46-36)35(44)39(19-8-2)30-22(5)12-11-13-23(30)6/h7-8,11-17,24,27-29,31-32,41H,1-2,9-10,18-21H2,3-6H3/t24-,27?,28-,29-,31-,32?,36?/m0/s1. The van der Waals surface area contributed by atoms with E-state index in [1.807, 2.05) is 70.2 Å². The summed E-state index contributed by atoms with van der Waals surface area (Å²) in [5.41, 5.74) is 3.37. The van der Waals surface area contributed by atoms with Crippen LogP contribution in [0.2, 0.25) is 0 Å². The Kier molecular flexibility index (Phi) is 10.4. The zero-order valence-electron chi connectivity index (χ0n) is 27.0. The highest BCUT2D eigenvalue weighted by atomic mass is 79.9. The van der Waals surface area contributed by atoms with Gasteiger partial charge in [0.15, 0.2) is 0 Å². The Morgan fingerprint density at radius 1 is 1.09 bits per heavy atom. The fraction of sp³-hybridized carbons (Fsp3) is 0.472. The van der Waals surface area contributed by atoms with Gasteiger partial charge in [-0.2, -0.15) is 0 Å². The number of rotatable bonds is 13. The summed E-state index contributed by atoms with van der Waals surface area (Å²) >= 11 is 5.48. The van der Waals surface area contributed by atoms with E-state index >= 15 is 4.79 Å². The van der Waals surface area contributed by atoms with Crippen LogP contribution in [0.25, 0.3) is 0 Å². The van der Waals surface area contributed by atoms with Crippen LogP contribution in [0, 0.1) is 25.7 Å². The molecule has 3 unspecified atom stereocenters. The van der Waals surface area contributed by atoms with E-state index in [-0.39, 0.29) is 47.5 Å². The SMILES string of the molecule is C=CCN(C(=O)[C@H]1[C@H]2C(=O)N([C@@H](CC)CO)C(C(=O)N(CC=C)c3c(C)cccc3C)C23CC(Br)[C@@H]1S3)c1ccc(OCC)cc1. The van der Waals surface area contributed by atoms with Crippen LogP contribution >= 0.6 is 27.7 Å². The molecule has 3 heterocycles. The Hall–Kier alpha value is -3.08. The van der Waals surface area contributed by atoms with E-state index in [0.717, 1.165) is 16.8 Å². The normalized spacial score (nSPS) is 26.9. The van der Waals surface area contributed by atoms with Crippen LogP contribution in [-0.4, -0.2) is 80.9 Å². The molecule has 1 spiro atoms. The van der Waals surface area contributed by atoms with E-state index in [1.165, 1.54) is 0 Å². The summed E-state index contributed by atoms with van der Waals surface area (Å²) in [6.45, 7) is 16.4. The minimum Gasteiger partial charge on any atom is -0.494 e. The topological polar surface area (TPSA) is 90.4 Å². The van der Waals surface area contributed by atoms with Crippen LogP contribution in [0.3, 0.4) is 0 Å². The number of hydrogen-bond donors (Lipinski definition) is 1. The number of ether oxygens (including phenoxy) is 1. The van der Waals surface area contributed by atoms with Gasteiger partial charge in [0.1, 0.15) is 11.8 Å².